The molecule has 0 aromatic heterocycles. The second-order valence-electron chi connectivity index (χ2n) is 2.87. The van der Waals surface area contributed by atoms with Crippen molar-refractivity contribution in [3.8, 4) is 0 Å². The van der Waals surface area contributed by atoms with Crippen molar-refractivity contribution in [2.24, 2.45) is 0 Å². The van der Waals surface area contributed by atoms with Gasteiger partial charge in [0.15, 0.2) is 0 Å². The highest BCUT2D eigenvalue weighted by molar-refractivity contribution is 7.63. The summed E-state index contributed by atoms with van der Waals surface area (Å²) in [4.78, 5) is 0. The molecule has 1 heterocycles. The predicted octanol–water partition coefficient (Wildman–Crippen LogP) is 2.91. The largest absolute Gasteiger partial charge is 0.0908 e. The van der Waals surface area contributed by atoms with E-state index in [9.17, 15) is 0 Å². The summed E-state index contributed by atoms with van der Waals surface area (Å²) in [5.74, 6) is 2.33. The van der Waals surface area contributed by atoms with Crippen molar-refractivity contribution in [2.45, 2.75) is 11.8 Å². The Kier molecular flexibility index (Phi) is 2.93. The zero-order valence-corrected chi connectivity index (χ0v) is 8.83. The van der Waals surface area contributed by atoms with E-state index < -0.39 is 0 Å². The Morgan fingerprint density at radius 1 is 1.25 bits per heavy atom. The second-order valence-corrected chi connectivity index (χ2v) is 6.37. The van der Waals surface area contributed by atoms with Gasteiger partial charge in [-0.15, -0.1) is 0 Å². The normalized spacial score (nSPS) is 24.5. The first-order valence-corrected chi connectivity index (χ1v) is 6.41. The lowest BCUT2D eigenvalue weighted by molar-refractivity contribution is 1.20. The summed E-state index contributed by atoms with van der Waals surface area (Å²) in [6, 6.07) is 10.8. The van der Waals surface area contributed by atoms with Crippen LogP contribution >= 0.6 is 17.2 Å². The summed E-state index contributed by atoms with van der Waals surface area (Å²) in [5, 5.41) is 2.44. The van der Waals surface area contributed by atoms with Crippen LogP contribution in [0.5, 0.6) is 0 Å². The summed E-state index contributed by atoms with van der Waals surface area (Å²) in [7, 11) is 2.07. The van der Waals surface area contributed by atoms with Crippen molar-refractivity contribution in [1.29, 1.82) is 0 Å². The first-order valence-electron chi connectivity index (χ1n) is 4.18. The van der Waals surface area contributed by atoms with Crippen molar-refractivity contribution in [3.05, 3.63) is 42.2 Å². The van der Waals surface area contributed by atoms with E-state index >= 15 is 0 Å². The number of hydrogen-bond donors (Lipinski definition) is 0. The molecule has 1 aliphatic rings. The fourth-order valence-corrected chi connectivity index (χ4v) is 4.23. The second kappa shape index (κ2) is 4.17. The number of benzene rings is 1. The minimum atomic E-state index is 0.924. The van der Waals surface area contributed by atoms with Gasteiger partial charge in [-0.2, -0.15) is 0 Å². The van der Waals surface area contributed by atoms with Crippen LogP contribution in [0.3, 0.4) is 0 Å². The summed E-state index contributed by atoms with van der Waals surface area (Å²) < 4.78 is 0. The quantitative estimate of drug-likeness (QED) is 0.635. The SMILES string of the molecule is C1=CPC(Pc2ccccc2)C1. The number of hydrogen-bond acceptors (Lipinski definition) is 0. The standard InChI is InChI=1S/C10H12P2/c1-2-5-9(6-3-1)12-10-7-4-8-11-10/h1-6,8,10-12H,7H2. The Hall–Kier alpha value is -0.180. The van der Waals surface area contributed by atoms with Crippen molar-refractivity contribution < 1.29 is 0 Å². The molecule has 3 unspecified atom stereocenters. The molecule has 0 aliphatic carbocycles. The molecule has 0 saturated carbocycles. The summed E-state index contributed by atoms with van der Waals surface area (Å²) >= 11 is 0. The van der Waals surface area contributed by atoms with E-state index in [4.69, 9.17) is 0 Å². The maximum Gasteiger partial charge on any atom is 0.00487 e. The Morgan fingerprint density at radius 2 is 2.08 bits per heavy atom. The molecule has 12 heavy (non-hydrogen) atoms. The van der Waals surface area contributed by atoms with E-state index in [1.807, 2.05) is 0 Å². The summed E-state index contributed by atoms with van der Waals surface area (Å²) in [5.41, 5.74) is 0. The van der Waals surface area contributed by atoms with E-state index in [-0.39, 0.29) is 0 Å². The third kappa shape index (κ3) is 2.16. The van der Waals surface area contributed by atoms with E-state index in [1.54, 1.807) is 0 Å². The molecule has 0 bridgehead atoms. The number of rotatable bonds is 2. The highest BCUT2D eigenvalue weighted by atomic mass is 31.1. The van der Waals surface area contributed by atoms with E-state index in [0.717, 1.165) is 22.6 Å². The van der Waals surface area contributed by atoms with Crippen LogP contribution in [0.15, 0.2) is 42.2 Å². The van der Waals surface area contributed by atoms with Crippen LogP contribution in [-0.2, 0) is 0 Å². The fourth-order valence-electron chi connectivity index (χ4n) is 1.29. The van der Waals surface area contributed by atoms with Crippen LogP contribution in [-0.4, -0.2) is 5.40 Å². The van der Waals surface area contributed by atoms with Crippen molar-refractivity contribution in [3.63, 3.8) is 0 Å². The molecular formula is C10H12P2. The van der Waals surface area contributed by atoms with Gasteiger partial charge in [0.25, 0.3) is 0 Å². The van der Waals surface area contributed by atoms with Crippen molar-refractivity contribution >= 4 is 22.5 Å². The topological polar surface area (TPSA) is 0 Å². The maximum atomic E-state index is 2.33. The van der Waals surface area contributed by atoms with Crippen LogP contribution in [0.25, 0.3) is 0 Å². The van der Waals surface area contributed by atoms with Gasteiger partial charge in [0.2, 0.25) is 0 Å². The van der Waals surface area contributed by atoms with Gasteiger partial charge in [0, 0.05) is 5.40 Å². The minimum absolute atomic E-state index is 0.924. The van der Waals surface area contributed by atoms with Gasteiger partial charge in [-0.05, 0) is 11.7 Å². The first kappa shape index (κ1) is 8.42. The molecule has 0 nitrogen and oxygen atoms in total. The highest BCUT2D eigenvalue weighted by Crippen LogP contribution is 2.41. The van der Waals surface area contributed by atoms with Crippen LogP contribution in [0.1, 0.15) is 6.42 Å². The summed E-state index contributed by atoms with van der Waals surface area (Å²) in [6.45, 7) is 0. The van der Waals surface area contributed by atoms with Crippen molar-refractivity contribution in [1.82, 2.24) is 0 Å². The molecule has 2 rings (SSSR count). The molecule has 0 amide bonds. The molecule has 0 spiro atoms. The third-order valence-electron chi connectivity index (χ3n) is 1.90. The molecule has 0 N–H and O–H groups in total. The van der Waals surface area contributed by atoms with Gasteiger partial charge in [0.1, 0.15) is 0 Å². The molecule has 0 radical (unpaired) electrons. The van der Waals surface area contributed by atoms with Gasteiger partial charge in [-0.25, -0.2) is 0 Å². The Balaban J connectivity index is 1.95. The Labute approximate surface area is 77.0 Å². The van der Waals surface area contributed by atoms with Gasteiger partial charge in [-0.3, -0.25) is 0 Å². The predicted molar refractivity (Wildman–Crippen MR) is 60.3 cm³/mol. The number of allylic oxidation sites excluding steroid dienone is 1. The Bertz CT molecular complexity index is 258. The van der Waals surface area contributed by atoms with E-state index in [1.165, 1.54) is 11.7 Å². The fraction of sp³-hybridized carbons (Fsp3) is 0.200. The molecule has 3 atom stereocenters. The minimum Gasteiger partial charge on any atom is -0.0908 e. The van der Waals surface area contributed by atoms with Crippen molar-refractivity contribution in [2.75, 3.05) is 0 Å². The summed E-state index contributed by atoms with van der Waals surface area (Å²) in [6.07, 6.45) is 3.62. The molecule has 1 aromatic carbocycles. The van der Waals surface area contributed by atoms with Crippen LogP contribution in [0, 0.1) is 0 Å². The van der Waals surface area contributed by atoms with Gasteiger partial charge < -0.3 is 0 Å². The molecule has 0 fully saturated rings. The zero-order valence-electron chi connectivity index (χ0n) is 6.83. The molecule has 0 saturated heterocycles. The molecular weight excluding hydrogens is 182 g/mol. The van der Waals surface area contributed by atoms with E-state index in [2.05, 4.69) is 42.2 Å². The zero-order chi connectivity index (χ0) is 8.23. The lowest BCUT2D eigenvalue weighted by Gasteiger charge is -2.08. The van der Waals surface area contributed by atoms with Gasteiger partial charge in [-0.1, -0.05) is 59.4 Å². The molecule has 62 valence electrons. The van der Waals surface area contributed by atoms with E-state index in [0.29, 0.717) is 0 Å². The van der Waals surface area contributed by atoms with Crippen LogP contribution in [0.2, 0.25) is 0 Å². The molecule has 2 heteroatoms. The van der Waals surface area contributed by atoms with Crippen LogP contribution in [0.4, 0.5) is 0 Å². The average molecular weight is 194 g/mol. The lowest BCUT2D eigenvalue weighted by Crippen LogP contribution is -1.97. The third-order valence-corrected chi connectivity index (χ3v) is 5.15. The van der Waals surface area contributed by atoms with Gasteiger partial charge in [0.05, 0.1) is 0 Å². The molecule has 1 aromatic rings. The smallest absolute Gasteiger partial charge is 0.00487 e. The Morgan fingerprint density at radius 3 is 2.75 bits per heavy atom. The molecule has 1 aliphatic heterocycles. The monoisotopic (exact) mass is 194 g/mol. The van der Waals surface area contributed by atoms with Gasteiger partial charge >= 0.3 is 0 Å². The highest BCUT2D eigenvalue weighted by Gasteiger charge is 2.09. The van der Waals surface area contributed by atoms with Crippen LogP contribution < -0.4 is 5.30 Å². The lowest BCUT2D eigenvalue weighted by atomic mass is 10.4. The first-order chi connectivity index (χ1) is 5.95. The average Bonchev–Trinajstić information content (AvgIpc) is 2.59. The maximum absolute atomic E-state index is 2.33.